The maximum absolute atomic E-state index is 13.2. The van der Waals surface area contributed by atoms with Gasteiger partial charge in [-0.25, -0.2) is 0 Å². The zero-order chi connectivity index (χ0) is 18.3. The van der Waals surface area contributed by atoms with Crippen LogP contribution in [0.25, 0.3) is 0 Å². The Labute approximate surface area is 154 Å². The summed E-state index contributed by atoms with van der Waals surface area (Å²) in [6.45, 7) is 4.96. The fraction of sp³-hybridized carbons (Fsp3) is 0.524. The highest BCUT2D eigenvalue weighted by atomic mass is 16.6. The molecule has 2 saturated heterocycles. The average molecular weight is 355 g/mol. The molecule has 5 heteroatoms. The molecule has 0 unspecified atom stereocenters. The van der Waals surface area contributed by atoms with Gasteiger partial charge in [0.2, 0.25) is 5.91 Å². The van der Waals surface area contributed by atoms with Gasteiger partial charge >= 0.3 is 5.97 Å². The van der Waals surface area contributed by atoms with Crippen molar-refractivity contribution < 1.29 is 19.1 Å². The fourth-order valence-electron chi connectivity index (χ4n) is 4.45. The minimum absolute atomic E-state index is 0.00866. The van der Waals surface area contributed by atoms with Crippen LogP contribution in [0.1, 0.15) is 38.3 Å². The van der Waals surface area contributed by atoms with Crippen molar-refractivity contribution in [2.24, 2.45) is 11.8 Å². The van der Waals surface area contributed by atoms with Gasteiger partial charge in [0.15, 0.2) is 0 Å². The molecule has 5 nitrogen and oxygen atoms in total. The van der Waals surface area contributed by atoms with E-state index in [1.165, 1.54) is 0 Å². The summed E-state index contributed by atoms with van der Waals surface area (Å²) in [7, 11) is 0. The second-order valence-electron chi connectivity index (χ2n) is 7.47. The lowest BCUT2D eigenvalue weighted by Gasteiger charge is -2.27. The Morgan fingerprint density at radius 1 is 1.38 bits per heavy atom. The summed E-state index contributed by atoms with van der Waals surface area (Å²) in [5.74, 6) is -1.32. The van der Waals surface area contributed by atoms with Gasteiger partial charge in [-0.1, -0.05) is 55.8 Å². The monoisotopic (exact) mass is 355 g/mol. The van der Waals surface area contributed by atoms with Gasteiger partial charge in [-0.2, -0.15) is 0 Å². The van der Waals surface area contributed by atoms with E-state index in [4.69, 9.17) is 9.47 Å². The van der Waals surface area contributed by atoms with Crippen LogP contribution in [0.5, 0.6) is 0 Å². The molecule has 0 N–H and O–H groups in total. The third kappa shape index (κ3) is 2.57. The first-order valence-electron chi connectivity index (χ1n) is 9.46. The van der Waals surface area contributed by atoms with Crippen molar-refractivity contribution in [1.82, 2.24) is 4.90 Å². The first-order chi connectivity index (χ1) is 12.6. The number of benzene rings is 1. The van der Waals surface area contributed by atoms with Crippen molar-refractivity contribution >= 4 is 11.9 Å². The van der Waals surface area contributed by atoms with Crippen LogP contribution in [-0.2, 0) is 19.1 Å². The maximum atomic E-state index is 13.2. The van der Waals surface area contributed by atoms with Gasteiger partial charge in [-0.15, -0.1) is 0 Å². The molecule has 0 saturated carbocycles. The quantitative estimate of drug-likeness (QED) is 0.447. The molecule has 0 radical (unpaired) electrons. The van der Waals surface area contributed by atoms with Gasteiger partial charge in [0.05, 0.1) is 31.2 Å². The molecule has 1 spiro atoms. The van der Waals surface area contributed by atoms with Crippen LogP contribution in [0, 0.1) is 11.8 Å². The standard InChI is InChI=1S/C21H25NO4/c1-3-4-12-25-20(24)17-16-10-11-21(26-16)13-22(19(23)18(17)21)14(2)15-8-6-5-7-9-15/h5-11,14,16-18H,3-4,12-13H2,1-2H3/t14-,16-,17+,18-,21-/m0/s1. The summed E-state index contributed by atoms with van der Waals surface area (Å²) in [5.41, 5.74) is 0.400. The highest BCUT2D eigenvalue weighted by Crippen LogP contribution is 2.53. The van der Waals surface area contributed by atoms with Gasteiger partial charge in [0.1, 0.15) is 11.5 Å². The van der Waals surface area contributed by atoms with E-state index in [-0.39, 0.29) is 24.0 Å². The van der Waals surface area contributed by atoms with Gasteiger partial charge in [0.25, 0.3) is 0 Å². The van der Waals surface area contributed by atoms with Crippen molar-refractivity contribution in [1.29, 1.82) is 0 Å². The lowest BCUT2D eigenvalue weighted by molar-refractivity contribution is -0.154. The summed E-state index contributed by atoms with van der Waals surface area (Å²) in [6, 6.07) is 9.90. The van der Waals surface area contributed by atoms with E-state index in [1.807, 2.05) is 54.3 Å². The van der Waals surface area contributed by atoms with Crippen molar-refractivity contribution in [2.45, 2.75) is 44.4 Å². The number of carbonyl (C=O) groups excluding carboxylic acids is 2. The van der Waals surface area contributed by atoms with Crippen LogP contribution in [-0.4, -0.2) is 41.6 Å². The molecular formula is C21H25NO4. The number of rotatable bonds is 6. The minimum atomic E-state index is -0.681. The molecule has 3 heterocycles. The number of unbranched alkanes of at least 4 members (excludes halogenated alkanes) is 1. The van der Waals surface area contributed by atoms with E-state index in [1.54, 1.807) is 0 Å². The van der Waals surface area contributed by atoms with Crippen molar-refractivity contribution in [3.05, 3.63) is 48.0 Å². The summed E-state index contributed by atoms with van der Waals surface area (Å²) >= 11 is 0. The number of nitrogens with zero attached hydrogens (tertiary/aromatic N) is 1. The molecule has 4 rings (SSSR count). The number of ether oxygens (including phenoxy) is 2. The smallest absolute Gasteiger partial charge is 0.312 e. The zero-order valence-corrected chi connectivity index (χ0v) is 15.3. The molecule has 0 aromatic heterocycles. The molecule has 3 aliphatic heterocycles. The molecule has 1 aromatic carbocycles. The Kier molecular flexibility index (Phi) is 4.35. The summed E-state index contributed by atoms with van der Waals surface area (Å²) in [6.07, 6.45) is 5.36. The third-order valence-corrected chi connectivity index (χ3v) is 5.89. The van der Waals surface area contributed by atoms with E-state index in [0.717, 1.165) is 18.4 Å². The van der Waals surface area contributed by atoms with E-state index >= 15 is 0 Å². The molecule has 3 aliphatic rings. The molecule has 2 bridgehead atoms. The normalized spacial score (nSPS) is 32.8. The van der Waals surface area contributed by atoms with Crippen LogP contribution >= 0.6 is 0 Å². The number of hydrogen-bond acceptors (Lipinski definition) is 4. The van der Waals surface area contributed by atoms with Gasteiger partial charge in [-0.05, 0) is 18.9 Å². The number of esters is 1. The van der Waals surface area contributed by atoms with E-state index in [0.29, 0.717) is 13.2 Å². The Hall–Kier alpha value is -2.14. The van der Waals surface area contributed by atoms with Gasteiger partial charge in [0, 0.05) is 0 Å². The number of hydrogen-bond donors (Lipinski definition) is 0. The fourth-order valence-corrected chi connectivity index (χ4v) is 4.45. The van der Waals surface area contributed by atoms with E-state index in [2.05, 4.69) is 6.92 Å². The largest absolute Gasteiger partial charge is 0.465 e. The van der Waals surface area contributed by atoms with Gasteiger partial charge < -0.3 is 14.4 Å². The first-order valence-corrected chi connectivity index (χ1v) is 9.46. The van der Waals surface area contributed by atoms with Crippen LogP contribution in [0.4, 0.5) is 0 Å². The number of likely N-dealkylation sites (tertiary alicyclic amines) is 1. The first kappa shape index (κ1) is 17.3. The summed E-state index contributed by atoms with van der Waals surface area (Å²) in [4.78, 5) is 27.7. The predicted octanol–water partition coefficient (Wildman–Crippen LogP) is 2.87. The Bertz CT molecular complexity index is 731. The molecular weight excluding hydrogens is 330 g/mol. The lowest BCUT2D eigenvalue weighted by atomic mass is 9.77. The number of carbonyl (C=O) groups is 2. The summed E-state index contributed by atoms with van der Waals surface area (Å²) < 4.78 is 11.6. The number of amides is 1. The van der Waals surface area contributed by atoms with Crippen molar-refractivity contribution in [3.8, 4) is 0 Å². The molecule has 2 fully saturated rings. The van der Waals surface area contributed by atoms with Crippen LogP contribution in [0.15, 0.2) is 42.5 Å². The second kappa shape index (κ2) is 6.54. The lowest BCUT2D eigenvalue weighted by Crippen LogP contribution is -2.40. The highest BCUT2D eigenvalue weighted by molar-refractivity contribution is 5.91. The SMILES string of the molecule is CCCCOC(=O)[C@@H]1[C@@H]2C=C[C@@]3(CN([C@@H](C)c4ccccc4)C(=O)[C@H]13)O2. The van der Waals surface area contributed by atoms with E-state index < -0.39 is 17.4 Å². The van der Waals surface area contributed by atoms with Crippen LogP contribution < -0.4 is 0 Å². The molecule has 0 aliphatic carbocycles. The van der Waals surface area contributed by atoms with Crippen LogP contribution in [0.3, 0.4) is 0 Å². The van der Waals surface area contributed by atoms with Crippen LogP contribution in [0.2, 0.25) is 0 Å². The third-order valence-electron chi connectivity index (χ3n) is 5.89. The minimum Gasteiger partial charge on any atom is -0.465 e. The topological polar surface area (TPSA) is 55.8 Å². The molecule has 26 heavy (non-hydrogen) atoms. The van der Waals surface area contributed by atoms with Crippen molar-refractivity contribution in [2.75, 3.05) is 13.2 Å². The molecule has 138 valence electrons. The zero-order valence-electron chi connectivity index (χ0n) is 15.3. The summed E-state index contributed by atoms with van der Waals surface area (Å²) in [5, 5.41) is 0. The Morgan fingerprint density at radius 2 is 2.15 bits per heavy atom. The Morgan fingerprint density at radius 3 is 2.88 bits per heavy atom. The molecule has 1 aromatic rings. The van der Waals surface area contributed by atoms with Crippen molar-refractivity contribution in [3.63, 3.8) is 0 Å². The van der Waals surface area contributed by atoms with E-state index in [9.17, 15) is 9.59 Å². The highest BCUT2D eigenvalue weighted by Gasteiger charge is 2.67. The second-order valence-corrected chi connectivity index (χ2v) is 7.47. The Balaban J connectivity index is 1.56. The molecule has 5 atom stereocenters. The molecule has 1 amide bonds. The number of fused-ring (bicyclic) bond motifs is 1. The predicted molar refractivity (Wildman–Crippen MR) is 96.2 cm³/mol. The maximum Gasteiger partial charge on any atom is 0.312 e. The average Bonchev–Trinajstić information content (AvgIpc) is 3.30. The van der Waals surface area contributed by atoms with Gasteiger partial charge in [-0.3, -0.25) is 9.59 Å².